The van der Waals surface area contributed by atoms with Crippen LogP contribution in [0.1, 0.15) is 12.8 Å². The van der Waals surface area contributed by atoms with Crippen LogP contribution in [0, 0.1) is 11.8 Å². The summed E-state index contributed by atoms with van der Waals surface area (Å²) in [6.07, 6.45) is 2.12. The molecule has 2 bridgehead atoms. The topological polar surface area (TPSA) is 125 Å². The van der Waals surface area contributed by atoms with Crippen molar-refractivity contribution >= 4 is 33.8 Å². The van der Waals surface area contributed by atoms with E-state index in [0.29, 0.717) is 12.6 Å². The van der Waals surface area contributed by atoms with E-state index in [1.165, 1.54) is 18.4 Å². The predicted molar refractivity (Wildman–Crippen MR) is 109 cm³/mol. The van der Waals surface area contributed by atoms with Gasteiger partial charge in [-0.2, -0.15) is 17.7 Å². The number of oxazole rings is 1. The number of hydrogen-bond donors (Lipinski definition) is 2. The van der Waals surface area contributed by atoms with E-state index in [1.807, 2.05) is 24.3 Å². The molecule has 2 aromatic rings. The van der Waals surface area contributed by atoms with Gasteiger partial charge < -0.3 is 19.2 Å². The number of ether oxygens (including phenoxy) is 1. The van der Waals surface area contributed by atoms with Crippen LogP contribution in [0.4, 0.5) is 6.01 Å². The van der Waals surface area contributed by atoms with E-state index < -0.39 is 10.2 Å². The van der Waals surface area contributed by atoms with E-state index in [0.717, 1.165) is 37.0 Å². The third-order valence-electron chi connectivity index (χ3n) is 6.32. The molecule has 4 heterocycles. The van der Waals surface area contributed by atoms with E-state index in [-0.39, 0.29) is 30.0 Å². The van der Waals surface area contributed by atoms with Crippen LogP contribution >= 0.6 is 0 Å². The van der Waals surface area contributed by atoms with E-state index in [2.05, 4.69) is 14.6 Å². The van der Waals surface area contributed by atoms with E-state index in [4.69, 9.17) is 19.1 Å². The van der Waals surface area contributed by atoms with Crippen molar-refractivity contribution in [1.82, 2.24) is 14.0 Å². The lowest BCUT2D eigenvalue weighted by molar-refractivity contribution is -0.122. The minimum Gasteiger partial charge on any atom is -0.483 e. The minimum atomic E-state index is -3.43. The number of rotatable bonds is 5. The van der Waals surface area contributed by atoms with Crippen molar-refractivity contribution < 1.29 is 27.5 Å². The Hall–Kier alpha value is -2.21. The lowest BCUT2D eigenvalue weighted by Gasteiger charge is -2.29. The predicted octanol–water partition coefficient (Wildman–Crippen LogP) is 0.908. The third-order valence-corrected chi connectivity index (χ3v) is 7.81. The van der Waals surface area contributed by atoms with Gasteiger partial charge in [0.15, 0.2) is 5.58 Å². The van der Waals surface area contributed by atoms with Crippen molar-refractivity contribution in [2.45, 2.75) is 24.5 Å². The Bertz CT molecular complexity index is 992. The molecule has 0 radical (unpaired) electrons. The highest BCUT2D eigenvalue weighted by Gasteiger charge is 2.63. The molecule has 0 unspecified atom stereocenters. The molecule has 2 N–H and O–H groups in total. The summed E-state index contributed by atoms with van der Waals surface area (Å²) >= 11 is 0. The Morgan fingerprint density at radius 2 is 2.13 bits per heavy atom. The molecular weight excluding hydrogens is 412 g/mol. The zero-order valence-electron chi connectivity index (χ0n) is 16.9. The molecule has 3 saturated heterocycles. The summed E-state index contributed by atoms with van der Waals surface area (Å²) in [6.45, 7) is 1.68. The molecule has 30 heavy (non-hydrogen) atoms. The number of carboxylic acid groups (broad SMARTS) is 1. The van der Waals surface area contributed by atoms with Gasteiger partial charge in [-0.05, 0) is 25.0 Å². The van der Waals surface area contributed by atoms with Gasteiger partial charge in [0.1, 0.15) is 5.52 Å². The molecule has 164 valence electrons. The van der Waals surface area contributed by atoms with Gasteiger partial charge in [-0.25, -0.2) is 4.72 Å². The van der Waals surface area contributed by atoms with Crippen molar-refractivity contribution in [3.63, 3.8) is 0 Å². The zero-order chi connectivity index (χ0) is 21.5. The van der Waals surface area contributed by atoms with E-state index >= 15 is 0 Å². The number of carbonyl (C=O) groups is 1. The fraction of sp³-hybridized carbons (Fsp3) is 0.579. The highest BCUT2D eigenvalue weighted by molar-refractivity contribution is 7.87. The van der Waals surface area contributed by atoms with Crippen LogP contribution in [0.3, 0.4) is 0 Å². The second kappa shape index (κ2) is 7.80. The Kier molecular flexibility index (Phi) is 5.47. The van der Waals surface area contributed by atoms with Crippen LogP contribution in [0.25, 0.3) is 11.1 Å². The first kappa shape index (κ1) is 21.0. The smallest absolute Gasteiger partial charge is 0.298 e. The zero-order valence-corrected chi connectivity index (χ0v) is 17.7. The molecule has 10 nitrogen and oxygen atoms in total. The highest BCUT2D eigenvalue weighted by atomic mass is 32.2. The van der Waals surface area contributed by atoms with Gasteiger partial charge in [-0.15, -0.1) is 0 Å². The van der Waals surface area contributed by atoms with Crippen molar-refractivity contribution in [3.8, 4) is 0 Å². The van der Waals surface area contributed by atoms with Crippen molar-refractivity contribution in [2.75, 3.05) is 38.6 Å². The number of benzene rings is 1. The Morgan fingerprint density at radius 1 is 1.40 bits per heavy atom. The maximum atomic E-state index is 12.1. The van der Waals surface area contributed by atoms with Gasteiger partial charge in [-0.3, -0.25) is 4.79 Å². The normalized spacial score (nSPS) is 29.8. The average Bonchev–Trinajstić information content (AvgIpc) is 3.44. The second-order valence-corrected chi connectivity index (χ2v) is 10.1. The molecule has 3 aliphatic rings. The van der Waals surface area contributed by atoms with Crippen LogP contribution in [-0.2, 0) is 19.7 Å². The number of anilines is 1. The summed E-state index contributed by atoms with van der Waals surface area (Å²) < 4.78 is 40.5. The first-order valence-corrected chi connectivity index (χ1v) is 11.3. The number of para-hydroxylation sites is 2. The van der Waals surface area contributed by atoms with Crippen molar-refractivity contribution in [1.29, 1.82) is 0 Å². The Balaban J connectivity index is 0.000000687. The van der Waals surface area contributed by atoms with Gasteiger partial charge >= 0.3 is 0 Å². The number of fused-ring (bicyclic) bond motifs is 2. The Labute approximate surface area is 175 Å². The maximum absolute atomic E-state index is 12.1. The lowest BCUT2D eigenvalue weighted by atomic mass is 9.74. The molecule has 3 aliphatic heterocycles. The molecular formula is C19H26N4O6S. The summed E-state index contributed by atoms with van der Waals surface area (Å²) in [5, 5.41) is 6.89. The number of nitrogens with zero attached hydrogens (tertiary/aromatic N) is 3. The van der Waals surface area contributed by atoms with Crippen LogP contribution in [0.5, 0.6) is 0 Å². The first-order chi connectivity index (χ1) is 14.3. The van der Waals surface area contributed by atoms with Gasteiger partial charge in [0.25, 0.3) is 22.7 Å². The molecule has 1 aromatic carbocycles. The molecule has 1 spiro atoms. The van der Waals surface area contributed by atoms with Gasteiger partial charge in [-0.1, -0.05) is 12.1 Å². The molecule has 0 aliphatic carbocycles. The second-order valence-electron chi connectivity index (χ2n) is 8.12. The molecule has 4 atom stereocenters. The summed E-state index contributed by atoms with van der Waals surface area (Å²) in [5.41, 5.74) is 1.42. The SMILES string of the molecule is CN(C)S(=O)(=O)NC[C@H]1[C@H]2CN(c3nc4ccccc4o3)C[C@]23CC[C@H]1O3.O=CO. The van der Waals surface area contributed by atoms with Crippen LogP contribution in [0.15, 0.2) is 28.7 Å². The van der Waals surface area contributed by atoms with Gasteiger partial charge in [0.2, 0.25) is 0 Å². The molecule has 11 heteroatoms. The van der Waals surface area contributed by atoms with Crippen molar-refractivity contribution in [3.05, 3.63) is 24.3 Å². The summed E-state index contributed by atoms with van der Waals surface area (Å²) in [6, 6.07) is 8.37. The minimum absolute atomic E-state index is 0.130. The van der Waals surface area contributed by atoms with Gasteiger partial charge in [0, 0.05) is 39.0 Å². The van der Waals surface area contributed by atoms with Crippen molar-refractivity contribution in [2.24, 2.45) is 11.8 Å². The fourth-order valence-electron chi connectivity index (χ4n) is 4.94. The van der Waals surface area contributed by atoms with Gasteiger partial charge in [0.05, 0.1) is 18.2 Å². The standard InChI is InChI=1S/C18H24N4O4S.CH2O2/c1-21(2)27(23,24)19-9-12-13-10-22(11-18(13)8-7-15(12)26-18)17-20-14-5-3-4-6-16(14)25-17;2-1-3/h3-6,12-13,15,19H,7-11H2,1-2H3;1H,(H,2,3)/t12-,13+,15+,18+;/m0./s1. The molecule has 1 aromatic heterocycles. The van der Waals surface area contributed by atoms with Crippen LogP contribution in [-0.4, -0.2) is 74.7 Å². The summed E-state index contributed by atoms with van der Waals surface area (Å²) in [5.74, 6) is 0.443. The fourth-order valence-corrected chi connectivity index (χ4v) is 5.60. The average molecular weight is 439 g/mol. The Morgan fingerprint density at radius 3 is 2.83 bits per heavy atom. The number of aromatic nitrogens is 1. The van der Waals surface area contributed by atoms with E-state index in [1.54, 1.807) is 0 Å². The monoisotopic (exact) mass is 438 g/mol. The highest BCUT2D eigenvalue weighted by Crippen LogP contribution is 2.55. The van der Waals surface area contributed by atoms with Crippen LogP contribution in [0.2, 0.25) is 0 Å². The summed E-state index contributed by atoms with van der Waals surface area (Å²) in [4.78, 5) is 15.1. The number of nitrogens with one attached hydrogen (secondary N) is 1. The lowest BCUT2D eigenvalue weighted by Crippen LogP contribution is -2.44. The molecule has 0 amide bonds. The van der Waals surface area contributed by atoms with Crippen LogP contribution < -0.4 is 9.62 Å². The largest absolute Gasteiger partial charge is 0.483 e. The number of hydrogen-bond acceptors (Lipinski definition) is 7. The molecule has 0 saturated carbocycles. The van der Waals surface area contributed by atoms with E-state index in [9.17, 15) is 8.42 Å². The molecule has 5 rings (SSSR count). The maximum Gasteiger partial charge on any atom is 0.298 e. The summed E-state index contributed by atoms with van der Waals surface area (Å²) in [7, 11) is -0.366. The third kappa shape index (κ3) is 3.55. The first-order valence-electron chi connectivity index (χ1n) is 9.83. The molecule has 3 fully saturated rings. The quantitative estimate of drug-likeness (QED) is 0.660.